The van der Waals surface area contributed by atoms with Gasteiger partial charge in [0, 0.05) is 12.8 Å². The van der Waals surface area contributed by atoms with Crippen LogP contribution in [0.1, 0.15) is 55.2 Å². The number of aliphatic hydroxyl groups is 1. The van der Waals surface area contributed by atoms with Crippen LogP contribution >= 0.6 is 0 Å². The molecule has 1 aliphatic rings. The van der Waals surface area contributed by atoms with Crippen LogP contribution < -0.4 is 0 Å². The van der Waals surface area contributed by atoms with E-state index in [-0.39, 0.29) is 18.1 Å². The molecule has 0 bridgehead atoms. The van der Waals surface area contributed by atoms with Crippen LogP contribution in [0.5, 0.6) is 0 Å². The van der Waals surface area contributed by atoms with Gasteiger partial charge in [0.25, 0.3) is 0 Å². The van der Waals surface area contributed by atoms with Crippen LogP contribution in [0.3, 0.4) is 0 Å². The van der Waals surface area contributed by atoms with Gasteiger partial charge in [0.05, 0.1) is 17.2 Å². The Labute approximate surface area is 155 Å². The van der Waals surface area contributed by atoms with E-state index in [0.717, 1.165) is 31.2 Å². The monoisotopic (exact) mass is 347 g/mol. The summed E-state index contributed by atoms with van der Waals surface area (Å²) in [4.78, 5) is 12.2. The molecule has 0 heterocycles. The molecule has 3 rings (SSSR count). The second-order valence-corrected chi connectivity index (χ2v) is 7.44. The van der Waals surface area contributed by atoms with Gasteiger partial charge in [-0.05, 0) is 54.9 Å². The van der Waals surface area contributed by atoms with Gasteiger partial charge in [-0.25, -0.2) is 0 Å². The molecule has 3 heteroatoms. The molecule has 26 heavy (non-hydrogen) atoms. The number of aryl methyl sites for hydroxylation is 1. The minimum absolute atomic E-state index is 0.166. The molecule has 2 aromatic carbocycles. The molecule has 0 aliphatic heterocycles. The van der Waals surface area contributed by atoms with Gasteiger partial charge in [0.15, 0.2) is 0 Å². The number of carbonyl (C=O) groups is 1. The summed E-state index contributed by atoms with van der Waals surface area (Å²) in [6.45, 7) is 0. The number of hydrogen-bond donors (Lipinski definition) is 1. The molecule has 2 aromatic rings. The second-order valence-electron chi connectivity index (χ2n) is 7.44. The largest absolute Gasteiger partial charge is 0.385 e. The Hall–Kier alpha value is -2.44. The van der Waals surface area contributed by atoms with E-state index in [2.05, 4.69) is 6.07 Å². The first-order valence-corrected chi connectivity index (χ1v) is 9.38. The lowest BCUT2D eigenvalue weighted by Crippen LogP contribution is -2.37. The van der Waals surface area contributed by atoms with Crippen LogP contribution in [0.25, 0.3) is 0 Å². The van der Waals surface area contributed by atoms with E-state index in [1.807, 2.05) is 54.6 Å². The van der Waals surface area contributed by atoms with Crippen molar-refractivity contribution < 1.29 is 9.90 Å². The number of rotatable bonds is 6. The molecule has 3 nitrogen and oxygen atoms in total. The molecule has 0 radical (unpaired) electrons. The molecule has 134 valence electrons. The standard InChI is InChI=1S/C23H25NO2/c24-17-19-12-10-18(11-13-19)6-4-5-7-20-14-22(25)16-23(26,15-20)21-8-2-1-3-9-21/h1-3,8-13,20,26H,4-7,14-16H2/t20-,23+/m0/s1. The molecular weight excluding hydrogens is 322 g/mol. The first-order chi connectivity index (χ1) is 12.6. The summed E-state index contributed by atoms with van der Waals surface area (Å²) >= 11 is 0. The summed E-state index contributed by atoms with van der Waals surface area (Å²) in [6.07, 6.45) is 5.54. The normalized spacial score (nSPS) is 22.8. The lowest BCUT2D eigenvalue weighted by molar-refractivity contribution is -0.131. The summed E-state index contributed by atoms with van der Waals surface area (Å²) in [5, 5.41) is 19.9. The maximum Gasteiger partial charge on any atom is 0.136 e. The number of Topliss-reactive ketones (excluding diaryl/α,β-unsaturated/α-hetero) is 1. The van der Waals surface area contributed by atoms with Gasteiger partial charge in [0.1, 0.15) is 5.78 Å². The van der Waals surface area contributed by atoms with Crippen molar-refractivity contribution in [3.63, 3.8) is 0 Å². The molecule has 0 amide bonds. The second kappa shape index (κ2) is 8.29. The van der Waals surface area contributed by atoms with Crippen molar-refractivity contribution in [2.45, 2.75) is 50.5 Å². The van der Waals surface area contributed by atoms with E-state index in [0.29, 0.717) is 18.4 Å². The summed E-state index contributed by atoms with van der Waals surface area (Å²) in [5.74, 6) is 0.419. The average molecular weight is 347 g/mol. The summed E-state index contributed by atoms with van der Waals surface area (Å²) in [7, 11) is 0. The molecular formula is C23H25NO2. The number of carbonyl (C=O) groups excluding carboxylic acids is 1. The minimum atomic E-state index is -1.01. The minimum Gasteiger partial charge on any atom is -0.385 e. The third kappa shape index (κ3) is 4.59. The van der Waals surface area contributed by atoms with Crippen LogP contribution in [-0.4, -0.2) is 10.9 Å². The number of hydrogen-bond acceptors (Lipinski definition) is 3. The summed E-state index contributed by atoms with van der Waals surface area (Å²) in [5.41, 5.74) is 1.78. The SMILES string of the molecule is N#Cc1ccc(CCCC[C@H]2CC(=O)C[C@@](O)(c3ccccc3)C2)cc1. The molecule has 2 atom stereocenters. The summed E-state index contributed by atoms with van der Waals surface area (Å²) in [6, 6.07) is 19.5. The molecule has 0 spiro atoms. The highest BCUT2D eigenvalue weighted by Crippen LogP contribution is 2.40. The van der Waals surface area contributed by atoms with Crippen molar-refractivity contribution in [1.82, 2.24) is 0 Å². The Morgan fingerprint density at radius 2 is 1.81 bits per heavy atom. The van der Waals surface area contributed by atoms with E-state index in [1.54, 1.807) is 0 Å². The topological polar surface area (TPSA) is 61.1 Å². The Kier molecular flexibility index (Phi) is 5.85. The fourth-order valence-electron chi connectivity index (χ4n) is 4.02. The number of unbranched alkanes of at least 4 members (excludes halogenated alkanes) is 1. The predicted molar refractivity (Wildman–Crippen MR) is 101 cm³/mol. The smallest absolute Gasteiger partial charge is 0.136 e. The van der Waals surface area contributed by atoms with Gasteiger partial charge in [-0.15, -0.1) is 0 Å². The third-order valence-corrected chi connectivity index (χ3v) is 5.35. The number of ketones is 1. The van der Waals surface area contributed by atoms with Crippen molar-refractivity contribution in [2.75, 3.05) is 0 Å². The maximum atomic E-state index is 12.2. The van der Waals surface area contributed by atoms with Crippen molar-refractivity contribution in [3.05, 3.63) is 71.3 Å². The zero-order chi connectivity index (χ0) is 18.4. The van der Waals surface area contributed by atoms with E-state index in [1.165, 1.54) is 5.56 Å². The van der Waals surface area contributed by atoms with Crippen molar-refractivity contribution >= 4 is 5.78 Å². The molecule has 1 fully saturated rings. The number of benzene rings is 2. The Bertz CT molecular complexity index is 776. The van der Waals surface area contributed by atoms with Crippen molar-refractivity contribution in [3.8, 4) is 6.07 Å². The van der Waals surface area contributed by atoms with Gasteiger partial charge in [-0.1, -0.05) is 48.9 Å². The van der Waals surface area contributed by atoms with Gasteiger partial charge >= 0.3 is 0 Å². The average Bonchev–Trinajstić information content (AvgIpc) is 2.66. The third-order valence-electron chi connectivity index (χ3n) is 5.35. The number of nitrogens with zero attached hydrogens (tertiary/aromatic N) is 1. The lowest BCUT2D eigenvalue weighted by Gasteiger charge is -2.36. The van der Waals surface area contributed by atoms with Crippen molar-refractivity contribution in [1.29, 1.82) is 5.26 Å². The van der Waals surface area contributed by atoms with Crippen LogP contribution in [0.4, 0.5) is 0 Å². The molecule has 1 aliphatic carbocycles. The van der Waals surface area contributed by atoms with E-state index in [4.69, 9.17) is 5.26 Å². The van der Waals surface area contributed by atoms with E-state index < -0.39 is 5.60 Å². The van der Waals surface area contributed by atoms with Crippen LogP contribution in [0.15, 0.2) is 54.6 Å². The first kappa shape index (κ1) is 18.4. The number of nitriles is 1. The van der Waals surface area contributed by atoms with Crippen LogP contribution in [0.2, 0.25) is 0 Å². The van der Waals surface area contributed by atoms with E-state index >= 15 is 0 Å². The first-order valence-electron chi connectivity index (χ1n) is 9.38. The molecule has 1 N–H and O–H groups in total. The molecule has 0 unspecified atom stereocenters. The fraction of sp³-hybridized carbons (Fsp3) is 0.391. The van der Waals surface area contributed by atoms with Gasteiger partial charge in [-0.3, -0.25) is 4.79 Å². The molecule has 1 saturated carbocycles. The Morgan fingerprint density at radius 3 is 2.50 bits per heavy atom. The zero-order valence-corrected chi connectivity index (χ0v) is 15.0. The maximum absolute atomic E-state index is 12.2. The van der Waals surface area contributed by atoms with Gasteiger partial charge < -0.3 is 5.11 Å². The quantitative estimate of drug-likeness (QED) is 0.781. The highest BCUT2D eigenvalue weighted by atomic mass is 16.3. The molecule has 0 aromatic heterocycles. The highest BCUT2D eigenvalue weighted by Gasteiger charge is 2.39. The Balaban J connectivity index is 1.51. The van der Waals surface area contributed by atoms with Gasteiger partial charge in [0.2, 0.25) is 0 Å². The van der Waals surface area contributed by atoms with E-state index in [9.17, 15) is 9.90 Å². The van der Waals surface area contributed by atoms with Gasteiger partial charge in [-0.2, -0.15) is 5.26 Å². The van der Waals surface area contributed by atoms with Crippen molar-refractivity contribution in [2.24, 2.45) is 5.92 Å². The zero-order valence-electron chi connectivity index (χ0n) is 15.0. The van der Waals surface area contributed by atoms with Crippen LogP contribution in [-0.2, 0) is 16.8 Å². The van der Waals surface area contributed by atoms with Crippen LogP contribution in [0, 0.1) is 17.2 Å². The lowest BCUT2D eigenvalue weighted by atomic mass is 9.72. The molecule has 0 saturated heterocycles. The predicted octanol–water partition coefficient (Wildman–Crippen LogP) is 4.53. The Morgan fingerprint density at radius 1 is 1.08 bits per heavy atom. The highest BCUT2D eigenvalue weighted by molar-refractivity contribution is 5.81. The fourth-order valence-corrected chi connectivity index (χ4v) is 4.02. The summed E-state index contributed by atoms with van der Waals surface area (Å²) < 4.78 is 0.